The largest absolute Gasteiger partial charge is 0.446 e. The topological polar surface area (TPSA) is 98.5 Å². The van der Waals surface area contributed by atoms with Gasteiger partial charge in [-0.05, 0) is 61.7 Å². The second-order valence-corrected chi connectivity index (χ2v) is 10.0. The van der Waals surface area contributed by atoms with Gasteiger partial charge in [0.25, 0.3) is 0 Å². The number of nitrogens with two attached hydrogens (primary N) is 1. The summed E-state index contributed by atoms with van der Waals surface area (Å²) < 4.78 is 5.57. The predicted octanol–water partition coefficient (Wildman–Crippen LogP) is 2.83. The van der Waals surface area contributed by atoms with Crippen LogP contribution in [0.15, 0.2) is 0 Å². The molecule has 0 spiro atoms. The van der Waals surface area contributed by atoms with Gasteiger partial charge in [0.2, 0.25) is 0 Å². The van der Waals surface area contributed by atoms with Gasteiger partial charge in [0.15, 0.2) is 0 Å². The Labute approximate surface area is 167 Å². The molecule has 28 heavy (non-hydrogen) atoms. The van der Waals surface area contributed by atoms with Crippen molar-refractivity contribution in [3.8, 4) is 0 Å². The summed E-state index contributed by atoms with van der Waals surface area (Å²) in [5, 5.41) is 2.65. The highest BCUT2D eigenvalue weighted by molar-refractivity contribution is 5.88. The van der Waals surface area contributed by atoms with E-state index in [2.05, 4.69) is 19.2 Å². The lowest BCUT2D eigenvalue weighted by Gasteiger charge is -2.59. The van der Waals surface area contributed by atoms with E-state index in [1.165, 1.54) is 0 Å². The molecule has 0 bridgehead atoms. The highest BCUT2D eigenvalue weighted by Gasteiger charge is 2.62. The molecular formula is C22H34N2O4. The number of ether oxygens (including phenoxy) is 1. The van der Waals surface area contributed by atoms with E-state index in [1.807, 2.05) is 0 Å². The van der Waals surface area contributed by atoms with E-state index in [4.69, 9.17) is 10.5 Å². The van der Waals surface area contributed by atoms with Crippen molar-refractivity contribution in [2.24, 2.45) is 40.2 Å². The monoisotopic (exact) mass is 390 g/mol. The average molecular weight is 391 g/mol. The molecule has 4 aliphatic rings. The van der Waals surface area contributed by atoms with Crippen LogP contribution in [0.3, 0.4) is 0 Å². The van der Waals surface area contributed by atoms with Gasteiger partial charge in [-0.2, -0.15) is 0 Å². The van der Waals surface area contributed by atoms with Crippen molar-refractivity contribution in [2.45, 2.75) is 71.3 Å². The van der Waals surface area contributed by atoms with Gasteiger partial charge in [-0.3, -0.25) is 9.59 Å². The lowest BCUT2D eigenvalue weighted by molar-refractivity contribution is -0.160. The molecule has 1 amide bonds. The predicted molar refractivity (Wildman–Crippen MR) is 104 cm³/mol. The van der Waals surface area contributed by atoms with Crippen molar-refractivity contribution in [3.05, 3.63) is 0 Å². The number of nitrogens with one attached hydrogen (secondary N) is 1. The number of carbonyl (C=O) groups is 3. The lowest BCUT2D eigenvalue weighted by atomic mass is 9.45. The van der Waals surface area contributed by atoms with E-state index in [9.17, 15) is 14.4 Å². The third kappa shape index (κ3) is 2.99. The molecule has 4 fully saturated rings. The fraction of sp³-hybridized carbons (Fsp3) is 0.864. The van der Waals surface area contributed by atoms with Crippen LogP contribution in [0.5, 0.6) is 0 Å². The number of hydrogen-bond acceptors (Lipinski definition) is 5. The van der Waals surface area contributed by atoms with Crippen molar-refractivity contribution in [3.63, 3.8) is 0 Å². The zero-order valence-corrected chi connectivity index (χ0v) is 17.2. The number of fused-ring (bicyclic) bond motifs is 5. The summed E-state index contributed by atoms with van der Waals surface area (Å²) in [5.41, 5.74) is 5.18. The van der Waals surface area contributed by atoms with Crippen LogP contribution in [-0.2, 0) is 14.3 Å². The Morgan fingerprint density at radius 2 is 1.96 bits per heavy atom. The van der Waals surface area contributed by atoms with Gasteiger partial charge >= 0.3 is 6.09 Å². The van der Waals surface area contributed by atoms with E-state index in [-0.39, 0.29) is 22.9 Å². The minimum absolute atomic E-state index is 0.0272. The first-order chi connectivity index (χ1) is 13.3. The Morgan fingerprint density at radius 3 is 2.71 bits per heavy atom. The summed E-state index contributed by atoms with van der Waals surface area (Å²) >= 11 is 0. The number of alkyl carbamates (subject to hydrolysis) is 1. The molecule has 0 aliphatic heterocycles. The van der Waals surface area contributed by atoms with Crippen molar-refractivity contribution in [2.75, 3.05) is 13.1 Å². The maximum absolute atomic E-state index is 13.2. The van der Waals surface area contributed by atoms with Crippen LogP contribution in [0.2, 0.25) is 0 Å². The molecule has 4 rings (SSSR count). The van der Waals surface area contributed by atoms with Crippen molar-refractivity contribution in [1.29, 1.82) is 0 Å². The smallest absolute Gasteiger partial charge is 0.407 e. The van der Waals surface area contributed by atoms with E-state index < -0.39 is 6.09 Å². The maximum atomic E-state index is 13.2. The second-order valence-electron chi connectivity index (χ2n) is 10.0. The number of hydrogen-bond donors (Lipinski definition) is 2. The third-order valence-corrected chi connectivity index (χ3v) is 8.81. The first-order valence-corrected chi connectivity index (χ1v) is 11.0. The SMILES string of the molecule is C[C@]12CCC(OC(=O)NCCN)C[C@@H]1C(=O)C[C@@H]1[C@@H]2CC[C@]2(C)C(=O)CC[C@@H]12. The average Bonchev–Trinajstić information content (AvgIpc) is 2.96. The van der Waals surface area contributed by atoms with Gasteiger partial charge < -0.3 is 15.8 Å². The summed E-state index contributed by atoms with van der Waals surface area (Å²) in [6.07, 6.45) is 5.99. The molecule has 0 aromatic heterocycles. The first kappa shape index (κ1) is 19.9. The standard InChI is InChI=1S/C22H34N2O4/c1-21-7-5-13(28-20(27)24-10-9-23)11-17(21)18(25)12-14-15-3-4-19(26)22(15,2)8-6-16(14)21/h13-17H,3-12,23H2,1-2H3,(H,24,27)/t13?,14-,15-,16-,17+,21+,22-/m0/s1. The van der Waals surface area contributed by atoms with Crippen LogP contribution in [-0.4, -0.2) is 36.9 Å². The quantitative estimate of drug-likeness (QED) is 0.772. The van der Waals surface area contributed by atoms with Crippen LogP contribution in [0.1, 0.15) is 65.2 Å². The molecular weight excluding hydrogens is 356 g/mol. The van der Waals surface area contributed by atoms with Crippen molar-refractivity contribution >= 4 is 17.7 Å². The summed E-state index contributed by atoms with van der Waals surface area (Å²) in [7, 11) is 0. The third-order valence-electron chi connectivity index (χ3n) is 8.81. The number of rotatable bonds is 3. The number of ketones is 2. The zero-order valence-electron chi connectivity index (χ0n) is 17.2. The Balaban J connectivity index is 1.49. The number of carbonyl (C=O) groups excluding carboxylic acids is 3. The number of Topliss-reactive ketones (excluding diaryl/α,β-unsaturated/α-hetero) is 2. The van der Waals surface area contributed by atoms with Gasteiger partial charge in [0.1, 0.15) is 17.7 Å². The fourth-order valence-corrected chi connectivity index (χ4v) is 7.25. The van der Waals surface area contributed by atoms with E-state index in [0.29, 0.717) is 61.7 Å². The van der Waals surface area contributed by atoms with Gasteiger partial charge in [0.05, 0.1) is 0 Å². The Kier molecular flexibility index (Phi) is 5.05. The van der Waals surface area contributed by atoms with E-state index in [0.717, 1.165) is 32.1 Å². The molecule has 1 unspecified atom stereocenters. The molecule has 4 saturated carbocycles. The fourth-order valence-electron chi connectivity index (χ4n) is 7.25. The molecule has 3 N–H and O–H groups in total. The Morgan fingerprint density at radius 1 is 1.18 bits per heavy atom. The summed E-state index contributed by atoms with van der Waals surface area (Å²) in [6, 6.07) is 0. The molecule has 156 valence electrons. The molecule has 0 aromatic carbocycles. The minimum atomic E-state index is -0.432. The van der Waals surface area contributed by atoms with E-state index >= 15 is 0 Å². The summed E-state index contributed by atoms with van der Waals surface area (Å²) in [4.78, 5) is 37.6. The Bertz CT molecular complexity index is 679. The normalized spacial score (nSPS) is 45.0. The van der Waals surface area contributed by atoms with Crippen molar-refractivity contribution in [1.82, 2.24) is 5.32 Å². The second kappa shape index (κ2) is 7.12. The van der Waals surface area contributed by atoms with Crippen LogP contribution in [0.25, 0.3) is 0 Å². The van der Waals surface area contributed by atoms with Crippen LogP contribution < -0.4 is 11.1 Å². The molecule has 6 heteroatoms. The molecule has 0 aromatic rings. The van der Waals surface area contributed by atoms with E-state index in [1.54, 1.807) is 0 Å². The lowest BCUT2D eigenvalue weighted by Crippen LogP contribution is -2.57. The highest BCUT2D eigenvalue weighted by Crippen LogP contribution is 2.64. The molecule has 7 atom stereocenters. The summed E-state index contributed by atoms with van der Waals surface area (Å²) in [5.74, 6) is 1.93. The molecule has 0 radical (unpaired) electrons. The van der Waals surface area contributed by atoms with Gasteiger partial charge in [0, 0.05) is 37.3 Å². The molecule has 6 nitrogen and oxygen atoms in total. The Hall–Kier alpha value is -1.43. The van der Waals surface area contributed by atoms with Crippen molar-refractivity contribution < 1.29 is 19.1 Å². The summed E-state index contributed by atoms with van der Waals surface area (Å²) in [6.45, 7) is 5.21. The number of amides is 1. The molecule has 0 saturated heterocycles. The zero-order chi connectivity index (χ0) is 20.1. The first-order valence-electron chi connectivity index (χ1n) is 11.0. The maximum Gasteiger partial charge on any atom is 0.407 e. The molecule has 0 heterocycles. The molecule has 4 aliphatic carbocycles. The van der Waals surface area contributed by atoms with Gasteiger partial charge in [-0.25, -0.2) is 4.79 Å². The van der Waals surface area contributed by atoms with Crippen LogP contribution in [0.4, 0.5) is 4.79 Å². The highest BCUT2D eigenvalue weighted by atomic mass is 16.6. The van der Waals surface area contributed by atoms with Gasteiger partial charge in [-0.15, -0.1) is 0 Å². The minimum Gasteiger partial charge on any atom is -0.446 e. The van der Waals surface area contributed by atoms with Crippen LogP contribution in [0, 0.1) is 34.5 Å². The van der Waals surface area contributed by atoms with Gasteiger partial charge in [-0.1, -0.05) is 13.8 Å². The van der Waals surface area contributed by atoms with Crippen LogP contribution >= 0.6 is 0 Å².